The third-order valence-corrected chi connectivity index (χ3v) is 10.9. The molecule has 3 amide bonds. The Morgan fingerprint density at radius 2 is 1.25 bits per heavy atom. The van der Waals surface area contributed by atoms with Gasteiger partial charge < -0.3 is 34.9 Å². The standard InChI is InChI=1S/C44H47N3O9S/c1-44(2,3)56-43(53)45-32(41(51)54-37(28-17-8-4-9-18-28)29-19-10-5-11-20-29)25-16-26-34(49)46-35-39(50)47-36(33(48)27-57-40(35)47)42(52)55-38(30-21-12-6-13-22-30)31-23-14-7-15-24-31/h4-15,17-24,32-33,35-38,40,48H,16,25-27H2,1-3H3,(H,45,53)(H,46,49)/t32?,33?,35-,36?,40+/m1/s1. The van der Waals surface area contributed by atoms with Crippen LogP contribution < -0.4 is 10.6 Å². The molecule has 57 heavy (non-hydrogen) atoms. The third kappa shape index (κ3) is 10.4. The number of ether oxygens (including phenoxy) is 3. The van der Waals surface area contributed by atoms with E-state index in [0.717, 1.165) is 22.3 Å². The van der Waals surface area contributed by atoms with Crippen LogP contribution in [-0.2, 0) is 33.4 Å². The fourth-order valence-corrected chi connectivity index (χ4v) is 8.15. The first-order valence-corrected chi connectivity index (χ1v) is 20.0. The highest BCUT2D eigenvalue weighted by Gasteiger charge is 2.58. The quantitative estimate of drug-likeness (QED) is 0.0804. The fraction of sp³-hybridized carbons (Fsp3) is 0.341. The van der Waals surface area contributed by atoms with Gasteiger partial charge in [0.05, 0.1) is 6.10 Å². The molecule has 0 radical (unpaired) electrons. The molecule has 2 heterocycles. The minimum atomic E-state index is -1.26. The lowest BCUT2D eigenvalue weighted by molar-refractivity contribution is -0.173. The van der Waals surface area contributed by atoms with Gasteiger partial charge in [-0.05, 0) is 55.9 Å². The highest BCUT2D eigenvalue weighted by Crippen LogP contribution is 2.40. The molecule has 0 spiro atoms. The van der Waals surface area contributed by atoms with Gasteiger partial charge in [-0.15, -0.1) is 11.8 Å². The minimum absolute atomic E-state index is 0.0365. The molecule has 2 aliphatic heterocycles. The number of thioether (sulfide) groups is 1. The van der Waals surface area contributed by atoms with Gasteiger partial charge in [0.25, 0.3) is 0 Å². The summed E-state index contributed by atoms with van der Waals surface area (Å²) in [7, 11) is 0. The molecule has 3 N–H and O–H groups in total. The molecule has 4 aromatic rings. The van der Waals surface area contributed by atoms with Crippen molar-refractivity contribution in [3.63, 3.8) is 0 Å². The first-order chi connectivity index (χ1) is 27.4. The average Bonchev–Trinajstić information content (AvgIpc) is 3.21. The van der Waals surface area contributed by atoms with Crippen LogP contribution in [0.3, 0.4) is 0 Å². The number of amides is 3. The second kappa shape index (κ2) is 18.5. The molecule has 5 atom stereocenters. The second-order valence-corrected chi connectivity index (χ2v) is 16.0. The second-order valence-electron chi connectivity index (χ2n) is 14.9. The van der Waals surface area contributed by atoms with Crippen LogP contribution in [0, 0.1) is 0 Å². The van der Waals surface area contributed by atoms with E-state index < -0.39 is 77.3 Å². The first kappa shape index (κ1) is 41.0. The minimum Gasteiger partial charge on any atom is -0.451 e. The Morgan fingerprint density at radius 1 is 0.772 bits per heavy atom. The number of carbonyl (C=O) groups excluding carboxylic acids is 5. The number of rotatable bonds is 14. The van der Waals surface area contributed by atoms with Crippen molar-refractivity contribution < 1.29 is 43.3 Å². The van der Waals surface area contributed by atoms with Crippen LogP contribution in [0.2, 0.25) is 0 Å². The van der Waals surface area contributed by atoms with E-state index in [0.29, 0.717) is 0 Å². The molecular formula is C44H47N3O9S. The molecule has 3 unspecified atom stereocenters. The van der Waals surface area contributed by atoms with Crippen LogP contribution in [0.1, 0.15) is 74.5 Å². The highest BCUT2D eigenvalue weighted by molar-refractivity contribution is 8.00. The molecule has 6 rings (SSSR count). The summed E-state index contributed by atoms with van der Waals surface area (Å²) in [5.74, 6) is -2.28. The van der Waals surface area contributed by atoms with E-state index in [4.69, 9.17) is 14.2 Å². The molecule has 12 nitrogen and oxygen atoms in total. The zero-order valence-electron chi connectivity index (χ0n) is 32.0. The number of β-lactam (4-membered cyclic amide) rings is 1. The van der Waals surface area contributed by atoms with E-state index in [2.05, 4.69) is 10.6 Å². The predicted molar refractivity (Wildman–Crippen MR) is 213 cm³/mol. The topological polar surface area (TPSA) is 161 Å². The van der Waals surface area contributed by atoms with Gasteiger partial charge in [-0.2, -0.15) is 0 Å². The maximum atomic E-state index is 13.7. The number of benzene rings is 4. The third-order valence-electron chi connectivity index (χ3n) is 9.49. The zero-order valence-corrected chi connectivity index (χ0v) is 32.8. The smallest absolute Gasteiger partial charge is 0.408 e. The Bertz CT molecular complexity index is 1920. The normalized spacial score (nSPS) is 19.5. The van der Waals surface area contributed by atoms with Gasteiger partial charge in [-0.1, -0.05) is 121 Å². The molecule has 0 aliphatic carbocycles. The van der Waals surface area contributed by atoms with E-state index in [9.17, 15) is 29.1 Å². The number of fused-ring (bicyclic) bond motifs is 1. The van der Waals surface area contributed by atoms with Crippen LogP contribution in [0.4, 0.5) is 4.79 Å². The van der Waals surface area contributed by atoms with Crippen LogP contribution >= 0.6 is 11.8 Å². The molecule has 2 saturated heterocycles. The Kier molecular flexibility index (Phi) is 13.3. The summed E-state index contributed by atoms with van der Waals surface area (Å²) in [5, 5.41) is 15.7. The molecule has 0 aromatic heterocycles. The Balaban J connectivity index is 1.08. The van der Waals surface area contributed by atoms with E-state index in [-0.39, 0.29) is 25.0 Å². The lowest BCUT2D eigenvalue weighted by atomic mass is 9.98. The van der Waals surface area contributed by atoms with Gasteiger partial charge in [0.2, 0.25) is 11.8 Å². The number of nitrogens with zero attached hydrogens (tertiary/aromatic N) is 1. The maximum absolute atomic E-state index is 13.7. The Morgan fingerprint density at radius 3 is 1.72 bits per heavy atom. The Hall–Kier alpha value is -5.66. The summed E-state index contributed by atoms with van der Waals surface area (Å²) in [6, 6.07) is 33.5. The van der Waals surface area contributed by atoms with E-state index >= 15 is 0 Å². The number of alkyl carbamates (subject to hydrolysis) is 1. The molecule has 298 valence electrons. The fourth-order valence-electron chi connectivity index (χ4n) is 6.80. The maximum Gasteiger partial charge on any atom is 0.408 e. The summed E-state index contributed by atoms with van der Waals surface area (Å²) in [4.78, 5) is 68.4. The van der Waals surface area contributed by atoms with E-state index in [1.54, 1.807) is 20.8 Å². The highest BCUT2D eigenvalue weighted by atomic mass is 32.2. The van der Waals surface area contributed by atoms with Crippen molar-refractivity contribution in [1.29, 1.82) is 0 Å². The monoisotopic (exact) mass is 793 g/mol. The van der Waals surface area contributed by atoms with E-state index in [1.165, 1.54) is 16.7 Å². The summed E-state index contributed by atoms with van der Waals surface area (Å²) >= 11 is 1.26. The average molecular weight is 794 g/mol. The molecular weight excluding hydrogens is 747 g/mol. The number of hydrogen-bond acceptors (Lipinski definition) is 10. The summed E-state index contributed by atoms with van der Waals surface area (Å²) in [6.07, 6.45) is -3.40. The van der Waals surface area contributed by atoms with Crippen molar-refractivity contribution in [2.24, 2.45) is 0 Å². The number of carbonyl (C=O) groups is 5. The SMILES string of the molecule is CC(C)(C)OC(=O)NC(CCCC(=O)N[C@@H]1C(=O)N2C(C(=O)OC(c3ccccc3)c3ccccc3)C(O)CS[C@@H]12)C(=O)OC(c1ccccc1)c1ccccc1. The molecule has 13 heteroatoms. The van der Waals surface area contributed by atoms with Crippen molar-refractivity contribution in [3.05, 3.63) is 144 Å². The van der Waals surface area contributed by atoms with Gasteiger partial charge in [-0.3, -0.25) is 9.59 Å². The van der Waals surface area contributed by atoms with Crippen LogP contribution in [0.25, 0.3) is 0 Å². The summed E-state index contributed by atoms with van der Waals surface area (Å²) < 4.78 is 17.5. The molecule has 4 aromatic carbocycles. The first-order valence-electron chi connectivity index (χ1n) is 18.9. The van der Waals surface area contributed by atoms with Crippen molar-refractivity contribution in [3.8, 4) is 0 Å². The lowest BCUT2D eigenvalue weighted by Crippen LogP contribution is -2.76. The van der Waals surface area contributed by atoms with Crippen LogP contribution in [0.15, 0.2) is 121 Å². The molecule has 2 aliphatic rings. The van der Waals surface area contributed by atoms with Crippen LogP contribution in [-0.4, -0.2) is 80.8 Å². The van der Waals surface area contributed by atoms with Crippen molar-refractivity contribution >= 4 is 41.6 Å². The summed E-state index contributed by atoms with van der Waals surface area (Å²) in [6.45, 7) is 5.11. The molecule has 0 bridgehead atoms. The van der Waals surface area contributed by atoms with Crippen molar-refractivity contribution in [2.75, 3.05) is 5.75 Å². The van der Waals surface area contributed by atoms with Gasteiger partial charge in [0.1, 0.15) is 23.1 Å². The number of aliphatic hydroxyl groups excluding tert-OH is 1. The van der Waals surface area contributed by atoms with Crippen molar-refractivity contribution in [2.45, 2.75) is 87.4 Å². The zero-order chi connectivity index (χ0) is 40.5. The molecule has 2 fully saturated rings. The number of hydrogen-bond donors (Lipinski definition) is 3. The largest absolute Gasteiger partial charge is 0.451 e. The van der Waals surface area contributed by atoms with E-state index in [1.807, 2.05) is 121 Å². The van der Waals surface area contributed by atoms with Gasteiger partial charge in [-0.25, -0.2) is 14.4 Å². The Labute approximate surface area is 336 Å². The van der Waals surface area contributed by atoms with Crippen molar-refractivity contribution in [1.82, 2.24) is 15.5 Å². The predicted octanol–water partition coefficient (Wildman–Crippen LogP) is 5.85. The van der Waals surface area contributed by atoms with Crippen LogP contribution in [0.5, 0.6) is 0 Å². The number of aliphatic hydroxyl groups is 1. The number of nitrogens with one attached hydrogen (secondary N) is 2. The summed E-state index contributed by atoms with van der Waals surface area (Å²) in [5.41, 5.74) is 2.12. The van der Waals surface area contributed by atoms with Gasteiger partial charge in [0, 0.05) is 12.2 Å². The lowest BCUT2D eigenvalue weighted by Gasteiger charge is -2.53. The van der Waals surface area contributed by atoms with Gasteiger partial charge in [0.15, 0.2) is 18.2 Å². The number of esters is 2. The molecule has 0 saturated carbocycles. The van der Waals surface area contributed by atoms with Gasteiger partial charge >= 0.3 is 18.0 Å².